The summed E-state index contributed by atoms with van der Waals surface area (Å²) in [7, 11) is 0. The van der Waals surface area contributed by atoms with Crippen molar-refractivity contribution in [3.8, 4) is 5.69 Å². The molecule has 0 aliphatic carbocycles. The lowest BCUT2D eigenvalue weighted by atomic mass is 10.0. The van der Waals surface area contributed by atoms with Crippen LogP contribution in [0, 0.1) is 6.57 Å². The minimum atomic E-state index is -4.47. The SMILES string of the molecule is [C-]#[N+]c1nn(-c2ccc(C(F)(F)F)cc2)cc1CCC(=O)[C@@H]1C[C@@H](F)CN1C(=O)OC(C)(C)C. The van der Waals surface area contributed by atoms with Gasteiger partial charge in [0.05, 0.1) is 23.8 Å². The van der Waals surface area contributed by atoms with Gasteiger partial charge in [0.1, 0.15) is 11.8 Å². The maximum Gasteiger partial charge on any atom is 0.416 e. The molecule has 11 heteroatoms. The van der Waals surface area contributed by atoms with Crippen molar-refractivity contribution in [1.29, 1.82) is 0 Å². The van der Waals surface area contributed by atoms with E-state index in [1.165, 1.54) is 23.0 Å². The average Bonchev–Trinajstić information content (AvgIpc) is 3.33. The number of carbonyl (C=O) groups is 2. The number of ether oxygens (including phenoxy) is 1. The lowest BCUT2D eigenvalue weighted by Crippen LogP contribution is -2.43. The number of halogens is 4. The minimum absolute atomic E-state index is 0.00601. The van der Waals surface area contributed by atoms with Gasteiger partial charge in [-0.3, -0.25) is 9.69 Å². The number of aryl methyl sites for hydroxylation is 1. The number of hydrogen-bond donors (Lipinski definition) is 0. The molecular weight excluding hydrogens is 456 g/mol. The highest BCUT2D eigenvalue weighted by Crippen LogP contribution is 2.30. The van der Waals surface area contributed by atoms with Gasteiger partial charge < -0.3 is 9.58 Å². The third kappa shape index (κ3) is 5.92. The van der Waals surface area contributed by atoms with Crippen LogP contribution in [0.15, 0.2) is 30.5 Å². The number of ketones is 1. The summed E-state index contributed by atoms with van der Waals surface area (Å²) in [6, 6.07) is 3.33. The van der Waals surface area contributed by atoms with Crippen LogP contribution in [-0.4, -0.2) is 50.9 Å². The third-order valence-corrected chi connectivity index (χ3v) is 5.22. The summed E-state index contributed by atoms with van der Waals surface area (Å²) in [6.07, 6.45) is -5.20. The molecular formula is C23H24F4N4O3. The molecule has 0 bridgehead atoms. The fourth-order valence-corrected chi connectivity index (χ4v) is 3.64. The molecule has 182 valence electrons. The van der Waals surface area contributed by atoms with Gasteiger partial charge in [-0.1, -0.05) is 6.57 Å². The van der Waals surface area contributed by atoms with Crippen LogP contribution in [0.1, 0.15) is 44.7 Å². The second-order valence-electron chi connectivity index (χ2n) is 9.03. The summed E-state index contributed by atoms with van der Waals surface area (Å²) >= 11 is 0. The van der Waals surface area contributed by atoms with Gasteiger partial charge in [0.25, 0.3) is 5.82 Å². The van der Waals surface area contributed by atoms with Crippen molar-refractivity contribution in [3.63, 3.8) is 0 Å². The van der Waals surface area contributed by atoms with E-state index in [2.05, 4.69) is 9.94 Å². The first kappa shape index (κ1) is 25.2. The van der Waals surface area contributed by atoms with Gasteiger partial charge in [-0.15, -0.1) is 0 Å². The topological polar surface area (TPSA) is 68.8 Å². The Morgan fingerprint density at radius 3 is 2.41 bits per heavy atom. The Labute approximate surface area is 194 Å². The molecule has 0 spiro atoms. The number of benzene rings is 1. The van der Waals surface area contributed by atoms with Gasteiger partial charge >= 0.3 is 12.3 Å². The molecule has 1 aliphatic rings. The van der Waals surface area contributed by atoms with Crippen LogP contribution in [0.4, 0.5) is 28.2 Å². The molecule has 1 amide bonds. The van der Waals surface area contributed by atoms with Crippen molar-refractivity contribution in [3.05, 3.63) is 53.0 Å². The second kappa shape index (κ2) is 9.44. The van der Waals surface area contributed by atoms with Crippen molar-refractivity contribution in [2.24, 2.45) is 0 Å². The van der Waals surface area contributed by atoms with E-state index < -0.39 is 35.6 Å². The van der Waals surface area contributed by atoms with E-state index in [0.29, 0.717) is 11.3 Å². The number of alkyl halides is 4. The highest BCUT2D eigenvalue weighted by molar-refractivity contribution is 5.88. The predicted octanol–water partition coefficient (Wildman–Crippen LogP) is 5.29. The van der Waals surface area contributed by atoms with Gasteiger partial charge in [-0.25, -0.2) is 9.18 Å². The molecule has 0 unspecified atom stereocenters. The second-order valence-corrected chi connectivity index (χ2v) is 9.03. The third-order valence-electron chi connectivity index (χ3n) is 5.22. The molecule has 1 fully saturated rings. The molecule has 0 radical (unpaired) electrons. The van der Waals surface area contributed by atoms with E-state index in [0.717, 1.165) is 17.0 Å². The highest BCUT2D eigenvalue weighted by Gasteiger charge is 2.41. The lowest BCUT2D eigenvalue weighted by Gasteiger charge is -2.27. The van der Waals surface area contributed by atoms with Crippen LogP contribution in [0.3, 0.4) is 0 Å². The van der Waals surface area contributed by atoms with Crippen molar-refractivity contribution in [1.82, 2.24) is 14.7 Å². The highest BCUT2D eigenvalue weighted by atomic mass is 19.4. The van der Waals surface area contributed by atoms with E-state index >= 15 is 0 Å². The summed E-state index contributed by atoms with van der Waals surface area (Å²) in [5.41, 5.74) is -0.863. The molecule has 2 atom stereocenters. The smallest absolute Gasteiger partial charge is 0.416 e. The van der Waals surface area contributed by atoms with Crippen molar-refractivity contribution < 1.29 is 31.9 Å². The van der Waals surface area contributed by atoms with Crippen molar-refractivity contribution >= 4 is 17.7 Å². The van der Waals surface area contributed by atoms with Gasteiger partial charge in [-0.05, 0) is 56.6 Å². The molecule has 1 aromatic carbocycles. The molecule has 1 aromatic heterocycles. The zero-order valence-corrected chi connectivity index (χ0v) is 18.9. The predicted molar refractivity (Wildman–Crippen MR) is 114 cm³/mol. The number of likely N-dealkylation sites (tertiary alicyclic amines) is 1. The Balaban J connectivity index is 1.71. The Bertz CT molecular complexity index is 1100. The van der Waals surface area contributed by atoms with Crippen LogP contribution in [0.25, 0.3) is 10.5 Å². The van der Waals surface area contributed by atoms with Gasteiger partial charge in [0.15, 0.2) is 5.78 Å². The monoisotopic (exact) mass is 480 g/mol. The van der Waals surface area contributed by atoms with Crippen LogP contribution >= 0.6 is 0 Å². The zero-order chi connectivity index (χ0) is 25.3. The number of carbonyl (C=O) groups excluding carboxylic acids is 2. The zero-order valence-electron chi connectivity index (χ0n) is 18.9. The molecule has 2 heterocycles. The summed E-state index contributed by atoms with van der Waals surface area (Å²) in [5, 5.41) is 4.09. The Hall–Kier alpha value is -3.42. The fourth-order valence-electron chi connectivity index (χ4n) is 3.64. The summed E-state index contributed by atoms with van der Waals surface area (Å²) in [5.74, 6) is -0.365. The molecule has 7 nitrogen and oxygen atoms in total. The molecule has 2 aromatic rings. The number of amides is 1. The Morgan fingerprint density at radius 2 is 1.85 bits per heavy atom. The number of aromatic nitrogens is 2. The van der Waals surface area contributed by atoms with Crippen LogP contribution in [0.2, 0.25) is 0 Å². The van der Waals surface area contributed by atoms with E-state index in [9.17, 15) is 27.2 Å². The summed E-state index contributed by atoms with van der Waals surface area (Å²) in [4.78, 5) is 29.7. The normalized spacial score (nSPS) is 18.6. The van der Waals surface area contributed by atoms with Gasteiger partial charge in [0.2, 0.25) is 0 Å². The van der Waals surface area contributed by atoms with E-state index in [1.54, 1.807) is 20.8 Å². The van der Waals surface area contributed by atoms with Crippen molar-refractivity contribution in [2.75, 3.05) is 6.54 Å². The molecule has 1 saturated heterocycles. The quantitative estimate of drug-likeness (QED) is 0.431. The summed E-state index contributed by atoms with van der Waals surface area (Å²) in [6.45, 7) is 12.1. The van der Waals surface area contributed by atoms with Crippen LogP contribution in [0.5, 0.6) is 0 Å². The summed E-state index contributed by atoms with van der Waals surface area (Å²) < 4.78 is 58.9. The first-order valence-electron chi connectivity index (χ1n) is 10.6. The first-order valence-corrected chi connectivity index (χ1v) is 10.6. The molecule has 1 aliphatic heterocycles. The first-order chi connectivity index (χ1) is 15.8. The maximum absolute atomic E-state index is 14.0. The van der Waals surface area contributed by atoms with E-state index in [4.69, 9.17) is 11.3 Å². The minimum Gasteiger partial charge on any atom is -0.444 e. The van der Waals surface area contributed by atoms with Gasteiger partial charge in [-0.2, -0.15) is 17.9 Å². The average molecular weight is 480 g/mol. The molecule has 3 rings (SSSR count). The van der Waals surface area contributed by atoms with Crippen LogP contribution < -0.4 is 0 Å². The number of rotatable bonds is 5. The van der Waals surface area contributed by atoms with E-state index in [-0.39, 0.29) is 37.4 Å². The largest absolute Gasteiger partial charge is 0.444 e. The van der Waals surface area contributed by atoms with E-state index in [1.807, 2.05) is 0 Å². The van der Waals surface area contributed by atoms with Crippen LogP contribution in [-0.2, 0) is 22.1 Å². The standard InChI is InChI=1S/C23H24F4N4O3/c1-22(2,3)34-21(33)30-13-16(24)11-18(30)19(32)10-5-14-12-31(29-20(14)28-4)17-8-6-15(7-9-17)23(25,26)27/h6-9,12,16,18H,5,10-11,13H2,1-3H3/t16-,18+/m1/s1. The Kier molecular flexibility index (Phi) is 7.00. The molecule has 0 saturated carbocycles. The lowest BCUT2D eigenvalue weighted by molar-refractivity contribution is -0.137. The molecule has 0 N–H and O–H groups in total. The number of hydrogen-bond acceptors (Lipinski definition) is 4. The molecule has 34 heavy (non-hydrogen) atoms. The maximum atomic E-state index is 14.0. The number of Topliss-reactive ketones (excluding diaryl/α,β-unsaturated/α-hetero) is 1. The Morgan fingerprint density at radius 1 is 1.21 bits per heavy atom. The fraction of sp³-hybridized carbons (Fsp3) is 0.478. The number of nitrogens with zero attached hydrogens (tertiary/aromatic N) is 4. The van der Waals surface area contributed by atoms with Crippen molar-refractivity contribution in [2.45, 2.75) is 64.0 Å². The van der Waals surface area contributed by atoms with Gasteiger partial charge in [0, 0.05) is 24.6 Å².